The maximum atomic E-state index is 11.9. The zero-order valence-corrected chi connectivity index (χ0v) is 21.4. The fraction of sp³-hybridized carbons (Fsp3) is 0.500. The van der Waals surface area contributed by atoms with Crippen LogP contribution in [0.2, 0.25) is 0 Å². The van der Waals surface area contributed by atoms with Crippen molar-refractivity contribution in [2.24, 2.45) is 0 Å². The second-order valence-corrected chi connectivity index (χ2v) is 16.0. The van der Waals surface area contributed by atoms with Crippen molar-refractivity contribution in [1.29, 1.82) is 0 Å². The fourth-order valence-corrected chi connectivity index (χ4v) is 15.5. The molecule has 0 aliphatic carbocycles. The van der Waals surface area contributed by atoms with Crippen LogP contribution in [0.25, 0.3) is 0 Å². The average Bonchev–Trinajstić information content (AvgIpc) is 3.31. The van der Waals surface area contributed by atoms with Crippen molar-refractivity contribution in [3.05, 3.63) is 25.4 Å². The summed E-state index contributed by atoms with van der Waals surface area (Å²) in [5, 5.41) is 0.0168. The van der Waals surface area contributed by atoms with Gasteiger partial charge in [0.2, 0.25) is 0 Å². The number of rotatable bonds is 4. The Morgan fingerprint density at radius 2 is 1.11 bits per heavy atom. The first kappa shape index (κ1) is 22.2. The zero-order chi connectivity index (χ0) is 19.7. The van der Waals surface area contributed by atoms with Gasteiger partial charge in [0.05, 0.1) is 52.5 Å². The van der Waals surface area contributed by atoms with E-state index in [1.807, 2.05) is 70.6 Å². The van der Waals surface area contributed by atoms with Crippen LogP contribution in [0, 0.1) is 0 Å². The standard InChI is InChI=1S/C16H16O4S8/c1-19-9(17)5-7-8(6-10(18)20-2)24-14-13(23-7)27-16(28-14)15-25-11-12(26-15)22-4-3-21-11/h7-8H,3-6H2,1-2H3/t7-,8-/m1/s1. The number of carbonyl (C=O) groups excluding carboxylic acids is 2. The normalized spacial score (nSPS) is 27.1. The molecular formula is C16H16O4S8. The van der Waals surface area contributed by atoms with Crippen LogP contribution in [0.3, 0.4) is 0 Å². The molecule has 0 saturated heterocycles. The first-order chi connectivity index (χ1) is 13.6. The van der Waals surface area contributed by atoms with Gasteiger partial charge in [0, 0.05) is 22.0 Å². The number of ether oxygens (including phenoxy) is 2. The smallest absolute Gasteiger partial charge is 0.306 e. The van der Waals surface area contributed by atoms with E-state index in [1.54, 1.807) is 23.5 Å². The second-order valence-electron chi connectivity index (χ2n) is 5.70. The molecule has 152 valence electrons. The monoisotopic (exact) mass is 528 g/mol. The van der Waals surface area contributed by atoms with Crippen LogP contribution in [0.1, 0.15) is 12.8 Å². The summed E-state index contributed by atoms with van der Waals surface area (Å²) < 4.78 is 17.8. The molecule has 0 saturated carbocycles. The molecule has 2 atom stereocenters. The molecule has 4 rings (SSSR count). The largest absolute Gasteiger partial charge is 0.469 e. The molecule has 4 aliphatic rings. The summed E-state index contributed by atoms with van der Waals surface area (Å²) in [6.07, 6.45) is 0.604. The lowest BCUT2D eigenvalue weighted by Crippen LogP contribution is -2.28. The maximum absolute atomic E-state index is 11.9. The van der Waals surface area contributed by atoms with Gasteiger partial charge in [0.1, 0.15) is 0 Å². The minimum absolute atomic E-state index is 0.00840. The summed E-state index contributed by atoms with van der Waals surface area (Å²) in [5.74, 6) is 1.90. The molecule has 12 heteroatoms. The summed E-state index contributed by atoms with van der Waals surface area (Å²) in [6, 6.07) is 0. The van der Waals surface area contributed by atoms with E-state index in [2.05, 4.69) is 0 Å². The van der Waals surface area contributed by atoms with E-state index in [1.165, 1.54) is 51.1 Å². The average molecular weight is 529 g/mol. The first-order valence-corrected chi connectivity index (χ1v) is 15.2. The summed E-state index contributed by atoms with van der Waals surface area (Å²) in [5.41, 5.74) is 0. The van der Waals surface area contributed by atoms with E-state index in [9.17, 15) is 9.59 Å². The summed E-state index contributed by atoms with van der Waals surface area (Å²) in [7, 11) is 2.82. The maximum Gasteiger partial charge on any atom is 0.306 e. The fourth-order valence-electron chi connectivity index (χ4n) is 2.57. The molecule has 0 spiro atoms. The molecule has 0 bridgehead atoms. The quantitative estimate of drug-likeness (QED) is 0.393. The van der Waals surface area contributed by atoms with Crippen molar-refractivity contribution in [1.82, 2.24) is 0 Å². The van der Waals surface area contributed by atoms with Crippen LogP contribution in [0.5, 0.6) is 0 Å². The minimum Gasteiger partial charge on any atom is -0.469 e. The van der Waals surface area contributed by atoms with Gasteiger partial charge in [-0.25, -0.2) is 0 Å². The predicted molar refractivity (Wildman–Crippen MR) is 132 cm³/mol. The van der Waals surface area contributed by atoms with Crippen molar-refractivity contribution in [3.63, 3.8) is 0 Å². The van der Waals surface area contributed by atoms with Crippen molar-refractivity contribution in [2.75, 3.05) is 25.7 Å². The van der Waals surface area contributed by atoms with Gasteiger partial charge < -0.3 is 9.47 Å². The van der Waals surface area contributed by atoms with Gasteiger partial charge in [-0.3, -0.25) is 9.59 Å². The number of thioether (sulfide) groups is 8. The van der Waals surface area contributed by atoms with Gasteiger partial charge in [-0.2, -0.15) is 0 Å². The van der Waals surface area contributed by atoms with E-state index in [0.29, 0.717) is 12.8 Å². The number of hydrogen-bond acceptors (Lipinski definition) is 12. The Morgan fingerprint density at radius 1 is 0.714 bits per heavy atom. The number of hydrogen-bond donors (Lipinski definition) is 0. The third kappa shape index (κ3) is 5.05. The Kier molecular flexibility index (Phi) is 7.96. The molecule has 0 aromatic rings. The highest BCUT2D eigenvalue weighted by molar-refractivity contribution is 8.45. The molecule has 0 N–H and O–H groups in total. The highest BCUT2D eigenvalue weighted by atomic mass is 32.3. The molecule has 0 unspecified atom stereocenters. The van der Waals surface area contributed by atoms with Gasteiger partial charge in [-0.1, -0.05) is 47.0 Å². The minimum atomic E-state index is -0.237. The van der Waals surface area contributed by atoms with Gasteiger partial charge in [0.15, 0.2) is 0 Å². The Labute approximate surface area is 198 Å². The topological polar surface area (TPSA) is 52.6 Å². The Bertz CT molecular complexity index is 730. The molecule has 0 aromatic heterocycles. The van der Waals surface area contributed by atoms with E-state index >= 15 is 0 Å². The molecule has 0 radical (unpaired) electrons. The zero-order valence-electron chi connectivity index (χ0n) is 14.9. The van der Waals surface area contributed by atoms with Gasteiger partial charge >= 0.3 is 11.9 Å². The Morgan fingerprint density at radius 3 is 1.50 bits per heavy atom. The highest BCUT2D eigenvalue weighted by Crippen LogP contribution is 2.69. The highest BCUT2D eigenvalue weighted by Gasteiger charge is 2.40. The van der Waals surface area contributed by atoms with Crippen LogP contribution in [-0.4, -0.2) is 48.2 Å². The lowest BCUT2D eigenvalue weighted by Gasteiger charge is -2.29. The molecule has 4 aliphatic heterocycles. The predicted octanol–water partition coefficient (Wildman–Crippen LogP) is 6.15. The number of esters is 2. The third-order valence-electron chi connectivity index (χ3n) is 3.91. The molecule has 0 fully saturated rings. The SMILES string of the molecule is COC(=O)C[C@H]1SC2=C(SC(=C3SC4=C(SCCS4)S3)S2)S[C@@H]1CC(=O)OC. The summed E-state index contributed by atoms with van der Waals surface area (Å²) in [6.45, 7) is 0. The van der Waals surface area contributed by atoms with Crippen molar-refractivity contribution >= 4 is 106 Å². The molecule has 0 aromatic carbocycles. The van der Waals surface area contributed by atoms with E-state index in [4.69, 9.17) is 9.47 Å². The van der Waals surface area contributed by atoms with Gasteiger partial charge in [-0.15, -0.1) is 47.0 Å². The molecule has 4 nitrogen and oxygen atoms in total. The van der Waals surface area contributed by atoms with Crippen LogP contribution in [0.4, 0.5) is 0 Å². The van der Waals surface area contributed by atoms with Crippen LogP contribution in [-0.2, 0) is 19.1 Å². The van der Waals surface area contributed by atoms with Crippen LogP contribution < -0.4 is 0 Å². The third-order valence-corrected chi connectivity index (χ3v) is 16.5. The van der Waals surface area contributed by atoms with Crippen molar-refractivity contribution in [3.8, 4) is 0 Å². The van der Waals surface area contributed by atoms with Crippen molar-refractivity contribution in [2.45, 2.75) is 23.3 Å². The lowest BCUT2D eigenvalue weighted by atomic mass is 10.2. The van der Waals surface area contributed by atoms with Gasteiger partial charge in [0.25, 0.3) is 0 Å². The van der Waals surface area contributed by atoms with E-state index in [0.717, 1.165) is 0 Å². The van der Waals surface area contributed by atoms with E-state index in [-0.39, 0.29) is 22.4 Å². The Balaban J connectivity index is 1.48. The molecule has 0 amide bonds. The summed E-state index contributed by atoms with van der Waals surface area (Å²) >= 11 is 14.8. The van der Waals surface area contributed by atoms with Crippen LogP contribution in [0.15, 0.2) is 25.4 Å². The number of methoxy groups -OCH3 is 2. The molecule has 28 heavy (non-hydrogen) atoms. The summed E-state index contributed by atoms with van der Waals surface area (Å²) in [4.78, 5) is 23.8. The van der Waals surface area contributed by atoms with Crippen molar-refractivity contribution < 1.29 is 19.1 Å². The Hall–Kier alpha value is 0.960. The second kappa shape index (κ2) is 10.1. The lowest BCUT2D eigenvalue weighted by molar-refractivity contribution is -0.142. The number of carbonyl (C=O) groups is 2. The first-order valence-electron chi connectivity index (χ1n) is 8.24. The van der Waals surface area contributed by atoms with E-state index < -0.39 is 0 Å². The molecular weight excluding hydrogens is 513 g/mol. The van der Waals surface area contributed by atoms with Gasteiger partial charge in [-0.05, 0) is 0 Å². The molecule has 4 heterocycles. The van der Waals surface area contributed by atoms with Crippen LogP contribution >= 0.6 is 94.1 Å².